The van der Waals surface area contributed by atoms with Crippen LogP contribution in [-0.2, 0) is 9.53 Å². The van der Waals surface area contributed by atoms with Crippen LogP contribution in [0.1, 0.15) is 49.0 Å². The zero-order chi connectivity index (χ0) is 20.6. The fourth-order valence-electron chi connectivity index (χ4n) is 2.49. The molecule has 4 nitrogen and oxygen atoms in total. The predicted molar refractivity (Wildman–Crippen MR) is 115 cm³/mol. The first-order valence-electron chi connectivity index (χ1n) is 9.16. The first-order valence-corrected chi connectivity index (χ1v) is 10.7. The summed E-state index contributed by atoms with van der Waals surface area (Å²) in [6.07, 6.45) is 2.89. The van der Waals surface area contributed by atoms with Crippen molar-refractivity contribution in [3.63, 3.8) is 0 Å². The van der Waals surface area contributed by atoms with Gasteiger partial charge in [0.15, 0.2) is 11.4 Å². The molecule has 28 heavy (non-hydrogen) atoms. The third-order valence-corrected chi connectivity index (χ3v) is 4.91. The number of carbonyl (C=O) groups excluding carboxylic acids is 2. The zero-order valence-electron chi connectivity index (χ0n) is 16.0. The molecule has 0 N–H and O–H groups in total. The Labute approximate surface area is 179 Å². The van der Waals surface area contributed by atoms with Gasteiger partial charge in [-0.15, -0.1) is 0 Å². The first-order chi connectivity index (χ1) is 13.3. The van der Waals surface area contributed by atoms with Gasteiger partial charge in [-0.1, -0.05) is 27.5 Å². The van der Waals surface area contributed by atoms with E-state index in [-0.39, 0.29) is 5.78 Å². The summed E-state index contributed by atoms with van der Waals surface area (Å²) >= 11 is 9.23. The third-order valence-electron chi connectivity index (χ3n) is 4.10. The van der Waals surface area contributed by atoms with E-state index in [1.165, 1.54) is 0 Å². The van der Waals surface area contributed by atoms with Crippen molar-refractivity contribution in [1.82, 2.24) is 0 Å². The van der Waals surface area contributed by atoms with Crippen molar-refractivity contribution in [2.24, 2.45) is 0 Å². The van der Waals surface area contributed by atoms with Crippen LogP contribution >= 0.6 is 27.5 Å². The average molecular weight is 468 g/mol. The number of ether oxygens (including phenoxy) is 2. The molecule has 0 bridgehead atoms. The van der Waals surface area contributed by atoms with Gasteiger partial charge in [-0.3, -0.25) is 4.79 Å². The van der Waals surface area contributed by atoms with E-state index in [4.69, 9.17) is 21.1 Å². The molecule has 150 valence electrons. The highest BCUT2D eigenvalue weighted by atomic mass is 79.9. The Morgan fingerprint density at radius 2 is 1.50 bits per heavy atom. The van der Waals surface area contributed by atoms with Gasteiger partial charge < -0.3 is 9.47 Å². The van der Waals surface area contributed by atoms with Crippen LogP contribution in [0.5, 0.6) is 5.75 Å². The van der Waals surface area contributed by atoms with E-state index in [0.717, 1.165) is 24.6 Å². The average Bonchev–Trinajstić information content (AvgIpc) is 2.68. The smallest absolute Gasteiger partial charge is 0.349 e. The summed E-state index contributed by atoms with van der Waals surface area (Å²) < 4.78 is 11.1. The normalized spacial score (nSPS) is 11.1. The zero-order valence-corrected chi connectivity index (χ0v) is 18.4. The maximum Gasteiger partial charge on any atom is 0.349 e. The summed E-state index contributed by atoms with van der Waals surface area (Å²) in [4.78, 5) is 24.8. The largest absolute Gasteiger partial charge is 0.476 e. The van der Waals surface area contributed by atoms with Gasteiger partial charge in [0.1, 0.15) is 5.75 Å². The highest BCUT2D eigenvalue weighted by molar-refractivity contribution is 9.09. The standard InChI is InChI=1S/C22H24BrClO4/c1-22(2,21(26)27-15-5-3-4-14-23)28-19-12-8-17(9-13-19)20(25)16-6-10-18(24)11-7-16/h6-13H,3-5,14-15H2,1-2H3. The second-order valence-electron chi connectivity index (χ2n) is 6.86. The SMILES string of the molecule is CC(C)(Oc1ccc(C(=O)c2ccc(Cl)cc2)cc1)C(=O)OCCCCCBr. The summed E-state index contributed by atoms with van der Waals surface area (Å²) in [5.41, 5.74) is -0.0272. The van der Waals surface area contributed by atoms with Gasteiger partial charge in [0.2, 0.25) is 0 Å². The van der Waals surface area contributed by atoms with Crippen molar-refractivity contribution in [3.05, 3.63) is 64.7 Å². The second kappa shape index (κ2) is 10.6. The van der Waals surface area contributed by atoms with Crippen LogP contribution in [0.2, 0.25) is 5.02 Å². The molecule has 0 aliphatic heterocycles. The van der Waals surface area contributed by atoms with Crippen molar-refractivity contribution in [1.29, 1.82) is 0 Å². The number of benzene rings is 2. The lowest BCUT2D eigenvalue weighted by atomic mass is 10.0. The topological polar surface area (TPSA) is 52.6 Å². The monoisotopic (exact) mass is 466 g/mol. The van der Waals surface area contributed by atoms with Crippen molar-refractivity contribution in [2.75, 3.05) is 11.9 Å². The van der Waals surface area contributed by atoms with Crippen LogP contribution in [0, 0.1) is 0 Å². The Morgan fingerprint density at radius 1 is 0.929 bits per heavy atom. The number of hydrogen-bond acceptors (Lipinski definition) is 4. The van der Waals surface area contributed by atoms with E-state index in [2.05, 4.69) is 15.9 Å². The number of ketones is 1. The summed E-state index contributed by atoms with van der Waals surface area (Å²) in [6.45, 7) is 3.72. The van der Waals surface area contributed by atoms with Gasteiger partial charge in [0, 0.05) is 21.5 Å². The van der Waals surface area contributed by atoms with Gasteiger partial charge in [-0.25, -0.2) is 4.79 Å². The quantitative estimate of drug-likeness (QED) is 0.191. The van der Waals surface area contributed by atoms with Crippen molar-refractivity contribution < 1.29 is 19.1 Å². The lowest BCUT2D eigenvalue weighted by molar-refractivity contribution is -0.159. The first kappa shape index (κ1) is 22.4. The van der Waals surface area contributed by atoms with Gasteiger partial charge in [0.05, 0.1) is 6.61 Å². The molecule has 0 aliphatic rings. The van der Waals surface area contributed by atoms with Crippen molar-refractivity contribution in [3.8, 4) is 5.75 Å². The Hall–Kier alpha value is -1.85. The van der Waals surface area contributed by atoms with Crippen LogP contribution in [-0.4, -0.2) is 29.3 Å². The fraction of sp³-hybridized carbons (Fsp3) is 0.364. The Kier molecular flexibility index (Phi) is 8.52. The number of carbonyl (C=O) groups is 2. The van der Waals surface area contributed by atoms with Crippen molar-refractivity contribution in [2.45, 2.75) is 38.7 Å². The van der Waals surface area contributed by atoms with E-state index in [0.29, 0.717) is 28.5 Å². The fourth-order valence-corrected chi connectivity index (χ4v) is 3.01. The molecule has 0 atom stereocenters. The van der Waals surface area contributed by atoms with Crippen molar-refractivity contribution >= 4 is 39.3 Å². The molecule has 0 heterocycles. The molecular weight excluding hydrogens is 444 g/mol. The van der Waals surface area contributed by atoms with Crippen LogP contribution < -0.4 is 4.74 Å². The number of alkyl halides is 1. The van der Waals surface area contributed by atoms with Gasteiger partial charge in [-0.2, -0.15) is 0 Å². The molecule has 0 spiro atoms. The minimum atomic E-state index is -1.11. The van der Waals surface area contributed by atoms with E-state index in [9.17, 15) is 9.59 Å². The minimum Gasteiger partial charge on any atom is -0.476 e. The van der Waals surface area contributed by atoms with E-state index in [1.807, 2.05) is 0 Å². The molecule has 0 saturated heterocycles. The molecule has 0 amide bonds. The molecule has 0 radical (unpaired) electrons. The molecular formula is C22H24BrClO4. The van der Waals surface area contributed by atoms with E-state index >= 15 is 0 Å². The lowest BCUT2D eigenvalue weighted by Crippen LogP contribution is -2.39. The summed E-state index contributed by atoms with van der Waals surface area (Å²) in [6, 6.07) is 13.4. The van der Waals surface area contributed by atoms with Crippen LogP contribution in [0.4, 0.5) is 0 Å². The molecule has 0 aliphatic carbocycles. The minimum absolute atomic E-state index is 0.106. The molecule has 6 heteroatoms. The predicted octanol–water partition coefficient (Wildman–Crippen LogP) is 5.84. The van der Waals surface area contributed by atoms with Crippen LogP contribution in [0.15, 0.2) is 48.5 Å². The maximum atomic E-state index is 12.5. The lowest BCUT2D eigenvalue weighted by Gasteiger charge is -2.24. The maximum absolute atomic E-state index is 12.5. The molecule has 0 unspecified atom stereocenters. The molecule has 0 aromatic heterocycles. The number of esters is 1. The summed E-state index contributed by atoms with van der Waals surface area (Å²) in [5, 5.41) is 1.53. The molecule has 2 aromatic rings. The van der Waals surface area contributed by atoms with Gasteiger partial charge in [-0.05, 0) is 81.6 Å². The highest BCUT2D eigenvalue weighted by Crippen LogP contribution is 2.22. The highest BCUT2D eigenvalue weighted by Gasteiger charge is 2.31. The number of hydrogen-bond donors (Lipinski definition) is 0. The molecule has 2 aromatic carbocycles. The Morgan fingerprint density at radius 3 is 2.07 bits per heavy atom. The molecule has 0 fully saturated rings. The number of halogens is 2. The molecule has 2 rings (SSSR count). The summed E-state index contributed by atoms with van der Waals surface area (Å²) in [5.74, 6) is -0.0214. The van der Waals surface area contributed by atoms with E-state index in [1.54, 1.807) is 62.4 Å². The summed E-state index contributed by atoms with van der Waals surface area (Å²) in [7, 11) is 0. The molecule has 0 saturated carbocycles. The van der Waals surface area contributed by atoms with Gasteiger partial charge in [0.25, 0.3) is 0 Å². The number of rotatable bonds is 10. The Bertz CT molecular complexity index is 785. The Balaban J connectivity index is 1.94. The second-order valence-corrected chi connectivity index (χ2v) is 8.09. The van der Waals surface area contributed by atoms with Crippen LogP contribution in [0.3, 0.4) is 0 Å². The van der Waals surface area contributed by atoms with Gasteiger partial charge >= 0.3 is 5.97 Å². The third kappa shape index (κ3) is 6.64. The van der Waals surface area contributed by atoms with E-state index < -0.39 is 11.6 Å². The van der Waals surface area contributed by atoms with Crippen LogP contribution in [0.25, 0.3) is 0 Å². The number of unbranched alkanes of at least 4 members (excludes halogenated alkanes) is 2.